The lowest BCUT2D eigenvalue weighted by atomic mass is 10.1. The van der Waals surface area contributed by atoms with E-state index in [2.05, 4.69) is 0 Å². The van der Waals surface area contributed by atoms with Crippen molar-refractivity contribution in [2.45, 2.75) is 45.2 Å². The highest BCUT2D eigenvalue weighted by molar-refractivity contribution is 5.81. The number of carboxylic acids is 1. The van der Waals surface area contributed by atoms with E-state index in [4.69, 9.17) is 20.7 Å². The van der Waals surface area contributed by atoms with E-state index in [0.29, 0.717) is 0 Å². The maximum Gasteiger partial charge on any atom is 0.341 e. The number of esters is 1. The minimum absolute atomic E-state index is 0.000694. The van der Waals surface area contributed by atoms with Crippen molar-refractivity contribution in [3.8, 4) is 0 Å². The molecule has 0 fully saturated rings. The zero-order chi connectivity index (χ0) is 15.6. The first-order valence-corrected chi connectivity index (χ1v) is 6.96. The van der Waals surface area contributed by atoms with Crippen molar-refractivity contribution in [3.05, 3.63) is 0 Å². The molecule has 0 bridgehead atoms. The fourth-order valence-corrected chi connectivity index (χ4v) is 1.84. The molecule has 0 aliphatic carbocycles. The van der Waals surface area contributed by atoms with Gasteiger partial charge in [0.1, 0.15) is 0 Å². The molecule has 0 heterocycles. The number of nitrogens with zero attached hydrogens (tertiary/aromatic N) is 1. The molecule has 0 aliphatic rings. The van der Waals surface area contributed by atoms with Crippen molar-refractivity contribution in [1.82, 2.24) is 4.90 Å². The second kappa shape index (κ2) is 9.68. The highest BCUT2D eigenvalue weighted by Gasteiger charge is 2.40. The lowest BCUT2D eigenvalue weighted by molar-refractivity contribution is -0.161. The first-order valence-electron chi connectivity index (χ1n) is 6.96. The summed E-state index contributed by atoms with van der Waals surface area (Å²) in [6.07, 6.45) is 2.91. The third-order valence-electron chi connectivity index (χ3n) is 3.13. The van der Waals surface area contributed by atoms with E-state index in [1.54, 1.807) is 6.92 Å². The number of hydrogen-bond acceptors (Lipinski definition) is 6. The van der Waals surface area contributed by atoms with Crippen LogP contribution in [0.2, 0.25) is 0 Å². The van der Waals surface area contributed by atoms with Gasteiger partial charge in [0.25, 0.3) is 0 Å². The van der Waals surface area contributed by atoms with Gasteiger partial charge in [-0.1, -0.05) is 26.7 Å². The molecule has 0 aromatic rings. The minimum Gasteiger partial charge on any atom is -0.480 e. The number of carbonyl (C=O) groups excluding carboxylic acids is 1. The van der Waals surface area contributed by atoms with E-state index in [1.165, 1.54) is 4.90 Å². The van der Waals surface area contributed by atoms with Crippen molar-refractivity contribution < 1.29 is 24.5 Å². The maximum atomic E-state index is 12.1. The molecular formula is C13H26N2O5. The van der Waals surface area contributed by atoms with Crippen LogP contribution in [0.3, 0.4) is 0 Å². The number of hydrogen-bond donors (Lipinski definition) is 3. The molecule has 118 valence electrons. The fourth-order valence-electron chi connectivity index (χ4n) is 1.84. The van der Waals surface area contributed by atoms with Gasteiger partial charge in [-0.25, -0.2) is 4.79 Å². The quantitative estimate of drug-likeness (QED) is 0.282. The molecule has 7 heteroatoms. The summed E-state index contributed by atoms with van der Waals surface area (Å²) in [4.78, 5) is 24.2. The molecular weight excluding hydrogens is 264 g/mol. The Labute approximate surface area is 119 Å². The number of carboxylic acid groups (broad SMARTS) is 1. The van der Waals surface area contributed by atoms with Gasteiger partial charge in [0.2, 0.25) is 0 Å². The largest absolute Gasteiger partial charge is 0.480 e. The predicted molar refractivity (Wildman–Crippen MR) is 74.0 cm³/mol. The van der Waals surface area contributed by atoms with Gasteiger partial charge in [-0.3, -0.25) is 9.69 Å². The molecule has 0 aromatic heterocycles. The molecule has 1 unspecified atom stereocenters. The van der Waals surface area contributed by atoms with Crippen LogP contribution < -0.4 is 5.73 Å². The summed E-state index contributed by atoms with van der Waals surface area (Å²) < 4.78 is 5.13. The summed E-state index contributed by atoms with van der Waals surface area (Å²) in [5.74, 6) is -1.76. The Bertz CT molecular complexity index is 311. The summed E-state index contributed by atoms with van der Waals surface area (Å²) in [5.41, 5.74) is 4.49. The number of aliphatic hydroxyl groups is 1. The molecule has 0 spiro atoms. The van der Waals surface area contributed by atoms with Gasteiger partial charge in [-0.05, 0) is 12.8 Å². The van der Waals surface area contributed by atoms with Crippen LogP contribution in [-0.4, -0.2) is 59.0 Å². The molecule has 0 saturated carbocycles. The van der Waals surface area contributed by atoms with Crippen LogP contribution in [0.5, 0.6) is 0 Å². The van der Waals surface area contributed by atoms with Gasteiger partial charge in [-0.2, -0.15) is 0 Å². The lowest BCUT2D eigenvalue weighted by Gasteiger charge is -2.36. The highest BCUT2D eigenvalue weighted by atomic mass is 16.5. The van der Waals surface area contributed by atoms with Gasteiger partial charge >= 0.3 is 11.9 Å². The number of aliphatic hydroxyl groups excluding tert-OH is 1. The zero-order valence-electron chi connectivity index (χ0n) is 12.3. The summed E-state index contributed by atoms with van der Waals surface area (Å²) in [6.45, 7) is 3.28. The predicted octanol–water partition coefficient (Wildman–Crippen LogP) is 0.164. The Kier molecular flexibility index (Phi) is 9.11. The molecule has 0 aliphatic heterocycles. The van der Waals surface area contributed by atoms with E-state index >= 15 is 0 Å². The van der Waals surface area contributed by atoms with Crippen LogP contribution in [0, 0.1) is 0 Å². The fraction of sp³-hybridized carbons (Fsp3) is 0.846. The Morgan fingerprint density at radius 2 is 1.95 bits per heavy atom. The van der Waals surface area contributed by atoms with E-state index < -0.39 is 24.1 Å². The SMILES string of the molecule is CCCCCOC(=O)C(N)(CC)N(CCO)CC(=O)O. The summed E-state index contributed by atoms with van der Waals surface area (Å²) in [6, 6.07) is 0. The second-order valence-corrected chi connectivity index (χ2v) is 4.66. The van der Waals surface area contributed by atoms with Crippen molar-refractivity contribution in [2.24, 2.45) is 5.73 Å². The molecule has 0 rings (SSSR count). The normalized spacial score (nSPS) is 14.1. The van der Waals surface area contributed by atoms with Crippen molar-refractivity contribution in [1.29, 1.82) is 0 Å². The molecule has 0 saturated heterocycles. The Balaban J connectivity index is 4.73. The Hall–Kier alpha value is -1.18. The van der Waals surface area contributed by atoms with Crippen LogP contribution in [0.15, 0.2) is 0 Å². The number of ether oxygens (including phenoxy) is 1. The Morgan fingerprint density at radius 1 is 1.30 bits per heavy atom. The minimum atomic E-state index is -1.52. The van der Waals surface area contributed by atoms with Crippen LogP contribution in [0.1, 0.15) is 39.5 Å². The topological polar surface area (TPSA) is 113 Å². The van der Waals surface area contributed by atoms with E-state index in [0.717, 1.165) is 19.3 Å². The average Bonchev–Trinajstić information content (AvgIpc) is 2.41. The Morgan fingerprint density at radius 3 is 2.40 bits per heavy atom. The monoisotopic (exact) mass is 290 g/mol. The van der Waals surface area contributed by atoms with Crippen LogP contribution in [-0.2, 0) is 14.3 Å². The van der Waals surface area contributed by atoms with E-state index in [9.17, 15) is 9.59 Å². The summed E-state index contributed by atoms with van der Waals surface area (Å²) >= 11 is 0. The standard InChI is InChI=1S/C13H26N2O5/c1-3-5-6-9-20-12(19)13(14,4-2)15(7-8-16)10-11(17)18/h16H,3-10,14H2,1-2H3,(H,17,18). The van der Waals surface area contributed by atoms with Crippen LogP contribution >= 0.6 is 0 Å². The van der Waals surface area contributed by atoms with Gasteiger partial charge in [-0.15, -0.1) is 0 Å². The molecule has 0 radical (unpaired) electrons. The first-order chi connectivity index (χ1) is 9.42. The summed E-state index contributed by atoms with van der Waals surface area (Å²) in [7, 11) is 0. The number of nitrogens with two attached hydrogens (primary N) is 1. The van der Waals surface area contributed by atoms with Crippen molar-refractivity contribution in [3.63, 3.8) is 0 Å². The maximum absolute atomic E-state index is 12.1. The zero-order valence-corrected chi connectivity index (χ0v) is 12.3. The lowest BCUT2D eigenvalue weighted by Crippen LogP contribution is -2.63. The van der Waals surface area contributed by atoms with Crippen LogP contribution in [0.25, 0.3) is 0 Å². The number of rotatable bonds is 11. The van der Waals surface area contributed by atoms with Crippen molar-refractivity contribution >= 4 is 11.9 Å². The van der Waals surface area contributed by atoms with Gasteiger partial charge in [0, 0.05) is 6.54 Å². The molecule has 0 amide bonds. The molecule has 4 N–H and O–H groups in total. The smallest absolute Gasteiger partial charge is 0.341 e. The van der Waals surface area contributed by atoms with Crippen molar-refractivity contribution in [2.75, 3.05) is 26.3 Å². The first kappa shape index (κ1) is 18.8. The average molecular weight is 290 g/mol. The third kappa shape index (κ3) is 5.85. The molecule has 0 aromatic carbocycles. The van der Waals surface area contributed by atoms with Crippen LogP contribution in [0.4, 0.5) is 0 Å². The second-order valence-electron chi connectivity index (χ2n) is 4.66. The summed E-state index contributed by atoms with van der Waals surface area (Å²) in [5, 5.41) is 17.9. The number of carbonyl (C=O) groups is 2. The van der Waals surface area contributed by atoms with E-state index in [1.807, 2.05) is 6.92 Å². The molecule has 1 atom stereocenters. The molecule has 7 nitrogen and oxygen atoms in total. The molecule has 20 heavy (non-hydrogen) atoms. The number of aliphatic carboxylic acids is 1. The van der Waals surface area contributed by atoms with E-state index in [-0.39, 0.29) is 26.2 Å². The highest BCUT2D eigenvalue weighted by Crippen LogP contribution is 2.16. The number of unbranched alkanes of at least 4 members (excludes halogenated alkanes) is 2. The van der Waals surface area contributed by atoms with Gasteiger partial charge in [0.05, 0.1) is 19.8 Å². The van der Waals surface area contributed by atoms with Gasteiger partial charge in [0.15, 0.2) is 5.66 Å². The van der Waals surface area contributed by atoms with Gasteiger partial charge < -0.3 is 20.7 Å². The third-order valence-corrected chi connectivity index (χ3v) is 3.13.